The highest BCUT2D eigenvalue weighted by Gasteiger charge is 2.46. The predicted molar refractivity (Wildman–Crippen MR) is 119 cm³/mol. The molecule has 0 radical (unpaired) electrons. The molecular weight excluding hydrogens is 455 g/mol. The Kier molecular flexibility index (Phi) is 7.73. The normalized spacial score (nSPS) is 29.8. The van der Waals surface area contributed by atoms with E-state index < -0.39 is 37.2 Å². The molecule has 0 bridgehead atoms. The monoisotopic (exact) mass is 482 g/mol. The van der Waals surface area contributed by atoms with Crippen LogP contribution in [0.5, 0.6) is 11.5 Å². The van der Waals surface area contributed by atoms with Crippen molar-refractivity contribution in [1.29, 1.82) is 0 Å². The van der Waals surface area contributed by atoms with Crippen molar-refractivity contribution in [3.8, 4) is 11.5 Å². The number of rotatable bonds is 7. The number of hydrogen-bond donors (Lipinski definition) is 3. The molecule has 7 nitrogen and oxygen atoms in total. The maximum absolute atomic E-state index is 14.2. The van der Waals surface area contributed by atoms with Gasteiger partial charge < -0.3 is 34.3 Å². The predicted octanol–water partition coefficient (Wildman–Crippen LogP) is 2.60. The van der Waals surface area contributed by atoms with Crippen LogP contribution in [0.25, 0.3) is 0 Å². The van der Waals surface area contributed by atoms with Crippen molar-refractivity contribution in [2.45, 2.75) is 49.5 Å². The third-order valence-corrected chi connectivity index (χ3v) is 6.41. The lowest BCUT2D eigenvalue weighted by Gasteiger charge is -2.39. The highest BCUT2D eigenvalue weighted by atomic mass is 35.5. The molecule has 3 N–H and O–H groups in total. The van der Waals surface area contributed by atoms with Gasteiger partial charge in [-0.3, -0.25) is 0 Å². The van der Waals surface area contributed by atoms with Gasteiger partial charge in [0.15, 0.2) is 6.17 Å². The molecule has 2 heterocycles. The first kappa shape index (κ1) is 24.2. The average molecular weight is 483 g/mol. The van der Waals surface area contributed by atoms with E-state index in [-0.39, 0.29) is 6.10 Å². The van der Waals surface area contributed by atoms with Gasteiger partial charge >= 0.3 is 0 Å². The van der Waals surface area contributed by atoms with Crippen LogP contribution in [-0.2, 0) is 15.9 Å². The van der Waals surface area contributed by atoms with Gasteiger partial charge in [-0.05, 0) is 41.8 Å². The van der Waals surface area contributed by atoms with Crippen molar-refractivity contribution in [2.24, 2.45) is 0 Å². The Morgan fingerprint density at radius 2 is 1.91 bits per heavy atom. The van der Waals surface area contributed by atoms with Crippen LogP contribution >= 0.6 is 11.6 Å². The number of alkyl halides is 1. The third kappa shape index (κ3) is 5.26. The highest BCUT2D eigenvalue weighted by Crippen LogP contribution is 2.40. The molecule has 2 aromatic rings. The molecule has 2 aliphatic heterocycles. The molecule has 2 aliphatic rings. The summed E-state index contributed by atoms with van der Waals surface area (Å²) in [6, 6.07) is 11.0. The standard InChI is InChI=1S/C24H28ClFO7/c1-30-19-10-18(25)14(8-13-2-4-15(5-3-13)32-16-6-7-31-12-16)9-17(19)24-23(29)22(28)21(26)20(11-27)33-24/h2-5,9-10,16,20-24,27-29H,6-8,11-12H2,1H3/t16-,20+,21-,22-,23-,24-/m0/s1. The van der Waals surface area contributed by atoms with Gasteiger partial charge in [0.25, 0.3) is 0 Å². The average Bonchev–Trinajstić information content (AvgIpc) is 3.33. The van der Waals surface area contributed by atoms with Gasteiger partial charge in [-0.15, -0.1) is 0 Å². The summed E-state index contributed by atoms with van der Waals surface area (Å²) in [6.45, 7) is 0.671. The van der Waals surface area contributed by atoms with Crippen molar-refractivity contribution in [1.82, 2.24) is 0 Å². The van der Waals surface area contributed by atoms with E-state index in [1.54, 1.807) is 12.1 Å². The van der Waals surface area contributed by atoms with Crippen molar-refractivity contribution in [2.75, 3.05) is 26.9 Å². The van der Waals surface area contributed by atoms with Gasteiger partial charge in [-0.25, -0.2) is 4.39 Å². The number of aliphatic hydroxyl groups excluding tert-OH is 3. The fourth-order valence-electron chi connectivity index (χ4n) is 4.19. The number of ether oxygens (including phenoxy) is 4. The molecule has 0 unspecified atom stereocenters. The Hall–Kier alpha value is -1.94. The zero-order valence-corrected chi connectivity index (χ0v) is 19.0. The first-order valence-corrected chi connectivity index (χ1v) is 11.2. The molecule has 0 saturated carbocycles. The summed E-state index contributed by atoms with van der Waals surface area (Å²) in [5.74, 6) is 1.09. The third-order valence-electron chi connectivity index (χ3n) is 6.06. The Balaban J connectivity index is 1.56. The second-order valence-corrected chi connectivity index (χ2v) is 8.72. The summed E-state index contributed by atoms with van der Waals surface area (Å²) in [7, 11) is 1.44. The second-order valence-electron chi connectivity index (χ2n) is 8.31. The quantitative estimate of drug-likeness (QED) is 0.558. The van der Waals surface area contributed by atoms with Crippen molar-refractivity contribution >= 4 is 11.6 Å². The van der Waals surface area contributed by atoms with Crippen molar-refractivity contribution in [3.63, 3.8) is 0 Å². The Morgan fingerprint density at radius 3 is 2.55 bits per heavy atom. The fourth-order valence-corrected chi connectivity index (χ4v) is 4.41. The number of aliphatic hydroxyl groups is 3. The van der Waals surface area contributed by atoms with E-state index >= 15 is 0 Å². The van der Waals surface area contributed by atoms with E-state index in [2.05, 4.69) is 0 Å². The number of hydrogen-bond acceptors (Lipinski definition) is 7. The van der Waals surface area contributed by atoms with Gasteiger partial charge in [0.1, 0.15) is 42.0 Å². The van der Waals surface area contributed by atoms with Crippen LogP contribution < -0.4 is 9.47 Å². The van der Waals surface area contributed by atoms with E-state index in [4.69, 9.17) is 30.5 Å². The Bertz CT molecular complexity index is 933. The molecule has 4 rings (SSSR count). The second kappa shape index (κ2) is 10.5. The molecule has 0 aromatic heterocycles. The van der Waals surface area contributed by atoms with E-state index in [1.165, 1.54) is 7.11 Å². The van der Waals surface area contributed by atoms with E-state index in [0.717, 1.165) is 23.3 Å². The van der Waals surface area contributed by atoms with E-state index in [9.17, 15) is 19.7 Å². The molecule has 9 heteroatoms. The van der Waals surface area contributed by atoms with Gasteiger partial charge in [-0.2, -0.15) is 0 Å². The molecule has 0 spiro atoms. The first-order valence-electron chi connectivity index (χ1n) is 10.9. The minimum atomic E-state index is -1.91. The maximum atomic E-state index is 14.2. The van der Waals surface area contributed by atoms with Crippen molar-refractivity contribution < 1.29 is 38.7 Å². The summed E-state index contributed by atoms with van der Waals surface area (Å²) < 4.78 is 36.4. The van der Waals surface area contributed by atoms with Crippen LogP contribution in [0, 0.1) is 0 Å². The van der Waals surface area contributed by atoms with Crippen molar-refractivity contribution in [3.05, 3.63) is 58.1 Å². The number of methoxy groups -OCH3 is 1. The summed E-state index contributed by atoms with van der Waals surface area (Å²) in [4.78, 5) is 0. The summed E-state index contributed by atoms with van der Waals surface area (Å²) in [5, 5.41) is 30.5. The van der Waals surface area contributed by atoms with Gasteiger partial charge in [0.2, 0.25) is 0 Å². The topological polar surface area (TPSA) is 97.6 Å². The molecular formula is C24H28ClFO7. The first-order chi connectivity index (χ1) is 15.9. The summed E-state index contributed by atoms with van der Waals surface area (Å²) in [5.41, 5.74) is 2.12. The largest absolute Gasteiger partial charge is 0.496 e. The number of halogens is 2. The Morgan fingerprint density at radius 1 is 1.15 bits per heavy atom. The molecule has 0 aliphatic carbocycles. The smallest absolute Gasteiger partial charge is 0.157 e. The van der Waals surface area contributed by atoms with Gasteiger partial charge in [0, 0.05) is 17.0 Å². The lowest BCUT2D eigenvalue weighted by atomic mass is 9.90. The summed E-state index contributed by atoms with van der Waals surface area (Å²) in [6.07, 6.45) is -6.10. The molecule has 2 aromatic carbocycles. The van der Waals surface area contributed by atoms with E-state index in [0.29, 0.717) is 36.0 Å². The van der Waals surface area contributed by atoms with Crippen LogP contribution in [0.4, 0.5) is 4.39 Å². The zero-order valence-electron chi connectivity index (χ0n) is 18.2. The van der Waals surface area contributed by atoms with Crippen LogP contribution in [0.15, 0.2) is 36.4 Å². The minimum absolute atomic E-state index is 0.0679. The Labute approximate surface area is 196 Å². The molecule has 6 atom stereocenters. The fraction of sp³-hybridized carbons (Fsp3) is 0.500. The summed E-state index contributed by atoms with van der Waals surface area (Å²) >= 11 is 6.49. The SMILES string of the molecule is COc1cc(Cl)c(Cc2ccc(O[C@H]3CCOC3)cc2)cc1[C@@H]1O[C@H](CO)[C@H](F)[C@H](O)[C@@H]1O. The number of benzene rings is 2. The van der Waals surface area contributed by atoms with E-state index in [1.807, 2.05) is 24.3 Å². The molecule has 2 fully saturated rings. The van der Waals surface area contributed by atoms with Gasteiger partial charge in [-0.1, -0.05) is 23.7 Å². The maximum Gasteiger partial charge on any atom is 0.157 e. The zero-order chi connectivity index (χ0) is 23.5. The lowest BCUT2D eigenvalue weighted by molar-refractivity contribution is -0.214. The minimum Gasteiger partial charge on any atom is -0.496 e. The molecule has 33 heavy (non-hydrogen) atoms. The van der Waals surface area contributed by atoms with Crippen LogP contribution in [0.1, 0.15) is 29.2 Å². The van der Waals surface area contributed by atoms with Crippen LogP contribution in [-0.4, -0.2) is 72.8 Å². The molecule has 2 saturated heterocycles. The lowest BCUT2D eigenvalue weighted by Crippen LogP contribution is -2.53. The van der Waals surface area contributed by atoms with Crippen LogP contribution in [0.2, 0.25) is 5.02 Å². The molecule has 180 valence electrons. The van der Waals surface area contributed by atoms with Crippen LogP contribution in [0.3, 0.4) is 0 Å². The molecule has 0 amide bonds. The van der Waals surface area contributed by atoms with Gasteiger partial charge in [0.05, 0.1) is 26.9 Å². The highest BCUT2D eigenvalue weighted by molar-refractivity contribution is 6.31.